The fourth-order valence-corrected chi connectivity index (χ4v) is 7.31. The van der Waals surface area contributed by atoms with Crippen molar-refractivity contribution in [3.63, 3.8) is 0 Å². The number of hydrogen-bond acceptors (Lipinski definition) is 9. The SMILES string of the molecule is COC(=O)C1=C(C)N(c2cccc(C(F)(F)F)c2)c2n[nH]c(=O)n2[C@@H]1c1ccc(C#N)cc1CCC[n+]1cccc(COS(=O)(=O)c2ccc(C)cc2)c1. The number of rotatable bonds is 11. The summed E-state index contributed by atoms with van der Waals surface area (Å²) >= 11 is 0. The van der Waals surface area contributed by atoms with Gasteiger partial charge in [0.1, 0.15) is 12.6 Å². The van der Waals surface area contributed by atoms with Crippen LogP contribution in [0.2, 0.25) is 0 Å². The Bertz CT molecular complexity index is 2470. The normalized spacial score (nSPS) is 14.5. The minimum Gasteiger partial charge on any atom is -0.466 e. The number of nitrogens with one attached hydrogen (secondary N) is 1. The lowest BCUT2D eigenvalue weighted by Gasteiger charge is -2.36. The summed E-state index contributed by atoms with van der Waals surface area (Å²) in [5, 5.41) is 16.3. The molecule has 0 saturated heterocycles. The molecule has 0 fully saturated rings. The summed E-state index contributed by atoms with van der Waals surface area (Å²) in [6.45, 7) is 3.66. The highest BCUT2D eigenvalue weighted by atomic mass is 32.2. The maximum atomic E-state index is 13.7. The predicted octanol–water partition coefficient (Wildman–Crippen LogP) is 5.78. The molecule has 0 saturated carbocycles. The van der Waals surface area contributed by atoms with Crippen LogP contribution in [-0.4, -0.2) is 36.3 Å². The lowest BCUT2D eigenvalue weighted by Crippen LogP contribution is -2.38. The third-order valence-corrected chi connectivity index (χ3v) is 10.3. The summed E-state index contributed by atoms with van der Waals surface area (Å²) in [6, 6.07) is 20.1. The first-order chi connectivity index (χ1) is 25.7. The molecular weight excluding hydrogens is 726 g/mol. The molecule has 3 aromatic carbocycles. The number of allylic oxidation sites excluding steroid dienone is 1. The zero-order chi connectivity index (χ0) is 38.8. The van der Waals surface area contributed by atoms with E-state index >= 15 is 0 Å². The Kier molecular flexibility index (Phi) is 10.6. The molecule has 6 rings (SSSR count). The van der Waals surface area contributed by atoms with Gasteiger partial charge in [-0.05, 0) is 79.9 Å². The molecule has 1 aliphatic heterocycles. The Morgan fingerprint density at radius 2 is 1.81 bits per heavy atom. The first-order valence-corrected chi connectivity index (χ1v) is 18.0. The highest BCUT2D eigenvalue weighted by Gasteiger charge is 2.41. The van der Waals surface area contributed by atoms with Crippen LogP contribution in [0.25, 0.3) is 0 Å². The number of fused-ring (bicyclic) bond motifs is 1. The number of hydrogen-bond donors (Lipinski definition) is 1. The second-order valence-corrected chi connectivity index (χ2v) is 14.2. The van der Waals surface area contributed by atoms with Gasteiger partial charge >= 0.3 is 17.8 Å². The molecule has 2 aromatic heterocycles. The number of ether oxygens (including phenoxy) is 1. The van der Waals surface area contributed by atoms with Gasteiger partial charge in [-0.15, -0.1) is 5.10 Å². The quantitative estimate of drug-likeness (QED) is 0.100. The van der Waals surface area contributed by atoms with Crippen LogP contribution in [0.4, 0.5) is 24.8 Å². The number of aromatic nitrogens is 4. The third kappa shape index (κ3) is 7.68. The van der Waals surface area contributed by atoms with E-state index in [0.717, 1.165) is 24.8 Å². The first kappa shape index (κ1) is 37.7. The van der Waals surface area contributed by atoms with Crippen LogP contribution in [0.5, 0.6) is 0 Å². The number of aromatic amines is 1. The molecule has 12 nitrogen and oxygen atoms in total. The average molecular weight is 760 g/mol. The Balaban J connectivity index is 1.31. The molecule has 1 aliphatic rings. The summed E-state index contributed by atoms with van der Waals surface area (Å²) in [7, 11) is -2.82. The van der Waals surface area contributed by atoms with Crippen LogP contribution in [0.15, 0.2) is 112 Å². The van der Waals surface area contributed by atoms with Crippen LogP contribution in [0, 0.1) is 18.3 Å². The lowest BCUT2D eigenvalue weighted by atomic mass is 9.88. The summed E-state index contributed by atoms with van der Waals surface area (Å²) in [4.78, 5) is 28.3. The number of methoxy groups -OCH3 is 1. The van der Waals surface area contributed by atoms with E-state index in [-0.39, 0.29) is 34.4 Å². The number of carbonyl (C=O) groups excluding carboxylic acids is 1. The number of halogens is 3. The number of nitrogens with zero attached hydrogens (tertiary/aromatic N) is 5. The minimum atomic E-state index is -4.66. The fourth-order valence-electron chi connectivity index (χ4n) is 6.41. The Labute approximate surface area is 308 Å². The molecule has 5 aromatic rings. The number of carbonyl (C=O) groups is 1. The summed E-state index contributed by atoms with van der Waals surface area (Å²) in [6.07, 6.45) is -0.212. The maximum absolute atomic E-state index is 13.7. The van der Waals surface area contributed by atoms with E-state index in [2.05, 4.69) is 16.3 Å². The molecule has 0 bridgehead atoms. The third-order valence-electron chi connectivity index (χ3n) is 9.02. The smallest absolute Gasteiger partial charge is 0.416 e. The number of nitriles is 1. The van der Waals surface area contributed by atoms with Gasteiger partial charge < -0.3 is 4.74 Å². The van der Waals surface area contributed by atoms with Crippen molar-refractivity contribution in [2.45, 2.75) is 57.0 Å². The highest BCUT2D eigenvalue weighted by Crippen LogP contribution is 2.43. The molecule has 1 N–H and O–H groups in total. The summed E-state index contributed by atoms with van der Waals surface area (Å²) in [5.74, 6) is -0.869. The van der Waals surface area contributed by atoms with E-state index in [1.807, 2.05) is 17.7 Å². The molecule has 278 valence electrons. The van der Waals surface area contributed by atoms with Crippen LogP contribution in [0.3, 0.4) is 0 Å². The van der Waals surface area contributed by atoms with Gasteiger partial charge in [0.2, 0.25) is 5.95 Å². The number of esters is 1. The van der Waals surface area contributed by atoms with Crippen LogP contribution < -0.4 is 15.2 Å². The van der Waals surface area contributed by atoms with E-state index in [1.54, 1.807) is 48.7 Å². The maximum Gasteiger partial charge on any atom is 0.416 e. The van der Waals surface area contributed by atoms with Crippen LogP contribution in [0.1, 0.15) is 52.8 Å². The molecule has 0 spiro atoms. The van der Waals surface area contributed by atoms with Crippen molar-refractivity contribution in [3.8, 4) is 6.07 Å². The van der Waals surface area contributed by atoms with Crippen molar-refractivity contribution in [1.29, 1.82) is 5.26 Å². The van der Waals surface area contributed by atoms with Gasteiger partial charge in [0, 0.05) is 29.4 Å². The van der Waals surface area contributed by atoms with Crippen LogP contribution >= 0.6 is 0 Å². The van der Waals surface area contributed by atoms with Crippen molar-refractivity contribution in [1.82, 2.24) is 14.8 Å². The van der Waals surface area contributed by atoms with Gasteiger partial charge in [-0.2, -0.15) is 26.9 Å². The second-order valence-electron chi connectivity index (χ2n) is 12.6. The molecule has 3 heterocycles. The number of alkyl halides is 3. The van der Waals surface area contributed by atoms with E-state index in [4.69, 9.17) is 8.92 Å². The molecule has 16 heteroatoms. The predicted molar refractivity (Wildman–Crippen MR) is 189 cm³/mol. The molecule has 0 aliphatic carbocycles. The van der Waals surface area contributed by atoms with Crippen molar-refractivity contribution in [2.24, 2.45) is 0 Å². The first-order valence-electron chi connectivity index (χ1n) is 16.6. The van der Waals surface area contributed by atoms with Crippen LogP contribution in [-0.2, 0) is 49.6 Å². The van der Waals surface area contributed by atoms with Crippen molar-refractivity contribution in [2.75, 3.05) is 12.0 Å². The zero-order valence-electron chi connectivity index (χ0n) is 29.3. The molecule has 0 radical (unpaired) electrons. The molecule has 0 unspecified atom stereocenters. The number of pyridine rings is 1. The van der Waals surface area contributed by atoms with E-state index in [9.17, 15) is 36.4 Å². The van der Waals surface area contributed by atoms with E-state index in [0.29, 0.717) is 41.6 Å². The topological polar surface area (TPSA) is 151 Å². The van der Waals surface area contributed by atoms with Crippen molar-refractivity contribution >= 4 is 27.7 Å². The number of aryl methyl sites for hydroxylation is 3. The molecule has 1 atom stereocenters. The highest BCUT2D eigenvalue weighted by molar-refractivity contribution is 7.86. The van der Waals surface area contributed by atoms with Gasteiger partial charge in [-0.1, -0.05) is 29.8 Å². The van der Waals surface area contributed by atoms with E-state index < -0.39 is 39.6 Å². The molecular formula is C38H34F3N6O6S+. The zero-order valence-corrected chi connectivity index (χ0v) is 30.1. The largest absolute Gasteiger partial charge is 0.466 e. The second kappa shape index (κ2) is 15.1. The fraction of sp³-hybridized carbons (Fsp3) is 0.237. The van der Waals surface area contributed by atoms with E-state index in [1.165, 1.54) is 40.7 Å². The number of benzene rings is 3. The Morgan fingerprint density at radius 1 is 1.06 bits per heavy atom. The Hall–Kier alpha value is -6.05. The average Bonchev–Trinajstić information content (AvgIpc) is 3.53. The monoisotopic (exact) mass is 759 g/mol. The number of anilines is 2. The number of H-pyrrole nitrogens is 1. The summed E-state index contributed by atoms with van der Waals surface area (Å²) < 4.78 is 80.1. The van der Waals surface area contributed by atoms with Gasteiger partial charge in [0.05, 0.1) is 41.4 Å². The van der Waals surface area contributed by atoms with Gasteiger partial charge in [0.25, 0.3) is 10.1 Å². The molecule has 54 heavy (non-hydrogen) atoms. The van der Waals surface area contributed by atoms with Gasteiger partial charge in [-0.25, -0.2) is 23.8 Å². The van der Waals surface area contributed by atoms with Gasteiger partial charge in [0.15, 0.2) is 12.4 Å². The van der Waals surface area contributed by atoms with Gasteiger partial charge in [-0.3, -0.25) is 9.08 Å². The van der Waals surface area contributed by atoms with Crippen molar-refractivity contribution in [3.05, 3.63) is 146 Å². The van der Waals surface area contributed by atoms with Crippen molar-refractivity contribution < 1.29 is 39.9 Å². The standard InChI is InChI=1S/C38H33F3N6O6S/c1-24-11-14-31(15-12-24)54(50,51)53-23-27-7-5-17-45(22-27)18-6-8-28-19-26(21-42)13-16-32(28)34-33(35(48)52-3)25(2)46(36-43-44-37(49)47(34)36)30-10-4-9-29(20-30)38(39,40)41/h4-5,7,9-17,19-20,22,34H,6,8,18,23H2,1-3H3/p+1/t34-/m1/s1. The molecule has 0 amide bonds. The summed E-state index contributed by atoms with van der Waals surface area (Å²) in [5.41, 5.74) is 1.50. The Morgan fingerprint density at radius 3 is 2.52 bits per heavy atom. The lowest BCUT2D eigenvalue weighted by molar-refractivity contribution is -0.697. The minimum absolute atomic E-state index is 0.0138.